The molecule has 0 aliphatic rings. The van der Waals surface area contributed by atoms with Crippen LogP contribution in [0.4, 0.5) is 0 Å². The van der Waals surface area contributed by atoms with Crippen LogP contribution in [0.5, 0.6) is 5.75 Å². The van der Waals surface area contributed by atoms with E-state index in [0.717, 1.165) is 5.56 Å². The van der Waals surface area contributed by atoms with E-state index >= 15 is 0 Å². The highest BCUT2D eigenvalue weighted by Crippen LogP contribution is 2.29. The number of aromatic amines is 1. The molecular formula is C16H13ClN2O2. The normalized spacial score (nSPS) is 10.8. The first-order valence-electron chi connectivity index (χ1n) is 6.43. The molecule has 0 bridgehead atoms. The summed E-state index contributed by atoms with van der Waals surface area (Å²) >= 11 is 6.24. The molecule has 0 aliphatic carbocycles. The molecule has 1 heterocycles. The van der Waals surface area contributed by atoms with Crippen LogP contribution in [0.15, 0.2) is 41.2 Å². The van der Waals surface area contributed by atoms with Gasteiger partial charge in [0.1, 0.15) is 11.6 Å². The Kier molecular flexibility index (Phi) is 3.39. The van der Waals surface area contributed by atoms with E-state index in [2.05, 4.69) is 9.97 Å². The van der Waals surface area contributed by atoms with E-state index in [1.165, 1.54) is 0 Å². The molecule has 0 saturated heterocycles. The highest BCUT2D eigenvalue weighted by Gasteiger charge is 2.10. The molecule has 21 heavy (non-hydrogen) atoms. The molecule has 4 nitrogen and oxygen atoms in total. The van der Waals surface area contributed by atoms with Crippen LogP contribution in [0.25, 0.3) is 22.3 Å². The zero-order valence-corrected chi connectivity index (χ0v) is 12.4. The molecular weight excluding hydrogens is 288 g/mol. The number of hydrogen-bond donors (Lipinski definition) is 1. The first kappa shape index (κ1) is 13.6. The fourth-order valence-corrected chi connectivity index (χ4v) is 2.45. The summed E-state index contributed by atoms with van der Waals surface area (Å²) in [5, 5.41) is 1.04. The number of aromatic nitrogens is 2. The van der Waals surface area contributed by atoms with Crippen LogP contribution < -0.4 is 10.3 Å². The number of halogens is 1. The highest BCUT2D eigenvalue weighted by atomic mass is 35.5. The lowest BCUT2D eigenvalue weighted by molar-refractivity contribution is 0.415. The number of fused-ring (bicyclic) bond motifs is 1. The fourth-order valence-electron chi connectivity index (χ4n) is 2.19. The number of H-pyrrole nitrogens is 1. The predicted molar refractivity (Wildman–Crippen MR) is 84.1 cm³/mol. The molecule has 1 N–H and O–H groups in total. The zero-order valence-electron chi connectivity index (χ0n) is 11.6. The van der Waals surface area contributed by atoms with Crippen molar-refractivity contribution in [2.24, 2.45) is 0 Å². The van der Waals surface area contributed by atoms with Gasteiger partial charge in [-0.3, -0.25) is 4.79 Å². The molecule has 0 amide bonds. The molecule has 3 rings (SSSR count). The van der Waals surface area contributed by atoms with Crippen molar-refractivity contribution in [3.63, 3.8) is 0 Å². The topological polar surface area (TPSA) is 55.0 Å². The Morgan fingerprint density at radius 2 is 2.00 bits per heavy atom. The molecule has 0 aliphatic heterocycles. The Labute approximate surface area is 126 Å². The van der Waals surface area contributed by atoms with Gasteiger partial charge in [-0.15, -0.1) is 0 Å². The van der Waals surface area contributed by atoms with Crippen molar-refractivity contribution < 1.29 is 4.74 Å². The van der Waals surface area contributed by atoms with Gasteiger partial charge in [-0.1, -0.05) is 17.7 Å². The van der Waals surface area contributed by atoms with E-state index in [1.807, 2.05) is 19.1 Å². The van der Waals surface area contributed by atoms with Gasteiger partial charge in [0.25, 0.3) is 5.56 Å². The van der Waals surface area contributed by atoms with Gasteiger partial charge in [-0.05, 0) is 42.8 Å². The molecule has 106 valence electrons. The predicted octanol–water partition coefficient (Wildman–Crippen LogP) is 3.56. The van der Waals surface area contributed by atoms with Crippen LogP contribution in [0.2, 0.25) is 5.02 Å². The number of nitrogens with zero attached hydrogens (tertiary/aromatic N) is 1. The molecule has 3 aromatic rings. The molecule has 0 spiro atoms. The minimum atomic E-state index is -0.179. The van der Waals surface area contributed by atoms with Gasteiger partial charge >= 0.3 is 0 Å². The van der Waals surface area contributed by atoms with Crippen molar-refractivity contribution in [3.8, 4) is 17.1 Å². The zero-order chi connectivity index (χ0) is 15.0. The second-order valence-corrected chi connectivity index (χ2v) is 5.19. The van der Waals surface area contributed by atoms with E-state index in [4.69, 9.17) is 16.3 Å². The van der Waals surface area contributed by atoms with Crippen LogP contribution in [-0.4, -0.2) is 17.1 Å². The van der Waals surface area contributed by atoms with Crippen molar-refractivity contribution in [1.82, 2.24) is 9.97 Å². The Morgan fingerprint density at radius 3 is 2.71 bits per heavy atom. The molecule has 2 aromatic carbocycles. The van der Waals surface area contributed by atoms with E-state index in [-0.39, 0.29) is 5.56 Å². The van der Waals surface area contributed by atoms with Crippen LogP contribution >= 0.6 is 11.6 Å². The average Bonchev–Trinajstić information content (AvgIpc) is 2.46. The van der Waals surface area contributed by atoms with E-state index in [1.54, 1.807) is 31.4 Å². The number of ether oxygens (including phenoxy) is 1. The van der Waals surface area contributed by atoms with Gasteiger partial charge in [0.2, 0.25) is 0 Å². The quantitative estimate of drug-likeness (QED) is 0.787. The summed E-state index contributed by atoms with van der Waals surface area (Å²) in [7, 11) is 1.57. The summed E-state index contributed by atoms with van der Waals surface area (Å²) in [4.78, 5) is 19.4. The van der Waals surface area contributed by atoms with Gasteiger partial charge in [0.15, 0.2) is 0 Å². The standard InChI is InChI=1S/C16H13ClN2O2/c1-9-3-5-12-14(7-9)18-15(19-16(12)20)11-6-4-10(21-2)8-13(11)17/h3-8H,1-2H3,(H,18,19,20). The summed E-state index contributed by atoms with van der Waals surface area (Å²) in [6.45, 7) is 1.96. The Hall–Kier alpha value is -2.33. The van der Waals surface area contributed by atoms with Crippen molar-refractivity contribution >= 4 is 22.5 Å². The number of rotatable bonds is 2. The van der Waals surface area contributed by atoms with E-state index in [9.17, 15) is 4.79 Å². The smallest absolute Gasteiger partial charge is 0.259 e. The maximum absolute atomic E-state index is 12.2. The van der Waals surface area contributed by atoms with Gasteiger partial charge in [-0.25, -0.2) is 4.98 Å². The lowest BCUT2D eigenvalue weighted by Gasteiger charge is -2.07. The minimum Gasteiger partial charge on any atom is -0.497 e. The van der Waals surface area contributed by atoms with E-state index < -0.39 is 0 Å². The maximum Gasteiger partial charge on any atom is 0.259 e. The molecule has 0 fully saturated rings. The first-order valence-corrected chi connectivity index (χ1v) is 6.81. The fraction of sp³-hybridized carbons (Fsp3) is 0.125. The van der Waals surface area contributed by atoms with Crippen LogP contribution in [-0.2, 0) is 0 Å². The van der Waals surface area contributed by atoms with Crippen molar-refractivity contribution in [1.29, 1.82) is 0 Å². The highest BCUT2D eigenvalue weighted by molar-refractivity contribution is 6.33. The van der Waals surface area contributed by atoms with Crippen molar-refractivity contribution in [3.05, 3.63) is 57.3 Å². The number of benzene rings is 2. The first-order chi connectivity index (χ1) is 10.1. The molecule has 0 radical (unpaired) electrons. The number of aryl methyl sites for hydroxylation is 1. The number of methoxy groups -OCH3 is 1. The lowest BCUT2D eigenvalue weighted by atomic mass is 10.1. The summed E-state index contributed by atoms with van der Waals surface area (Å²) in [6.07, 6.45) is 0. The Balaban J connectivity index is 2.23. The Bertz CT molecular complexity index is 887. The third-order valence-corrected chi connectivity index (χ3v) is 3.61. The monoisotopic (exact) mass is 300 g/mol. The Morgan fingerprint density at radius 1 is 1.19 bits per heavy atom. The molecule has 0 atom stereocenters. The molecule has 5 heteroatoms. The van der Waals surface area contributed by atoms with Gasteiger partial charge in [-0.2, -0.15) is 0 Å². The van der Waals surface area contributed by atoms with Gasteiger partial charge in [0.05, 0.1) is 23.0 Å². The maximum atomic E-state index is 12.2. The van der Waals surface area contributed by atoms with Gasteiger partial charge < -0.3 is 9.72 Å². The SMILES string of the molecule is COc1ccc(-c2nc3cc(C)ccc3c(=O)[nH]2)c(Cl)c1. The largest absolute Gasteiger partial charge is 0.497 e. The van der Waals surface area contributed by atoms with Crippen molar-refractivity contribution in [2.45, 2.75) is 6.92 Å². The third-order valence-electron chi connectivity index (χ3n) is 3.29. The average molecular weight is 301 g/mol. The van der Waals surface area contributed by atoms with E-state index in [0.29, 0.717) is 33.1 Å². The summed E-state index contributed by atoms with van der Waals surface area (Å²) in [5.74, 6) is 1.11. The van der Waals surface area contributed by atoms with Crippen LogP contribution in [0.1, 0.15) is 5.56 Å². The third kappa shape index (κ3) is 2.50. The summed E-state index contributed by atoms with van der Waals surface area (Å²) in [5.41, 5.74) is 2.19. The second kappa shape index (κ2) is 5.22. The molecule has 1 aromatic heterocycles. The lowest BCUT2D eigenvalue weighted by Crippen LogP contribution is -2.09. The van der Waals surface area contributed by atoms with Crippen molar-refractivity contribution in [2.75, 3.05) is 7.11 Å². The summed E-state index contributed by atoms with van der Waals surface area (Å²) in [6, 6.07) is 10.8. The number of hydrogen-bond acceptors (Lipinski definition) is 3. The summed E-state index contributed by atoms with van der Waals surface area (Å²) < 4.78 is 5.12. The second-order valence-electron chi connectivity index (χ2n) is 4.78. The van der Waals surface area contributed by atoms with Crippen LogP contribution in [0, 0.1) is 6.92 Å². The molecule has 0 saturated carbocycles. The minimum absolute atomic E-state index is 0.179. The number of nitrogens with one attached hydrogen (secondary N) is 1. The van der Waals surface area contributed by atoms with Gasteiger partial charge in [0, 0.05) is 5.56 Å². The van der Waals surface area contributed by atoms with Crippen LogP contribution in [0.3, 0.4) is 0 Å². The molecule has 0 unspecified atom stereocenters.